The van der Waals surface area contributed by atoms with Crippen LogP contribution in [0.3, 0.4) is 0 Å². The van der Waals surface area contributed by atoms with Crippen LogP contribution in [-0.4, -0.2) is 88.9 Å². The van der Waals surface area contributed by atoms with Crippen LogP contribution in [0.1, 0.15) is 31.4 Å². The first-order valence-electron chi connectivity index (χ1n) is 10.3. The summed E-state index contributed by atoms with van der Waals surface area (Å²) in [5.74, 6) is 0. The Morgan fingerprint density at radius 2 is 1.88 bits per heavy atom. The number of β-amino-alcohol motifs (C(OH)–C–C–N with tert-alkyl or cyclic N) is 1. The number of nitrogens with one attached hydrogen (secondary N) is 1. The largest absolute Gasteiger partial charge is 0.390 e. The molecule has 0 saturated carbocycles. The zero-order chi connectivity index (χ0) is 17.8. The summed E-state index contributed by atoms with van der Waals surface area (Å²) in [6, 6.07) is 6.37. The van der Waals surface area contributed by atoms with Crippen molar-refractivity contribution in [2.75, 3.05) is 45.8 Å². The number of pyridine rings is 1. The molecule has 0 aromatic carbocycles. The molecule has 0 spiro atoms. The average Bonchev–Trinajstić information content (AvgIpc) is 2.70. The van der Waals surface area contributed by atoms with Gasteiger partial charge in [0.1, 0.15) is 0 Å². The molecule has 0 bridgehead atoms. The van der Waals surface area contributed by atoms with E-state index in [0.717, 1.165) is 57.9 Å². The highest BCUT2D eigenvalue weighted by Crippen LogP contribution is 2.21. The van der Waals surface area contributed by atoms with Gasteiger partial charge in [-0.3, -0.25) is 19.7 Å². The van der Waals surface area contributed by atoms with Gasteiger partial charge in [0.2, 0.25) is 0 Å². The van der Waals surface area contributed by atoms with Crippen molar-refractivity contribution in [1.82, 2.24) is 25.0 Å². The molecule has 0 radical (unpaired) electrons. The molecule has 1 aromatic heterocycles. The smallest absolute Gasteiger partial charge is 0.0822 e. The van der Waals surface area contributed by atoms with Crippen LogP contribution in [0.2, 0.25) is 0 Å². The topological polar surface area (TPSA) is 54.9 Å². The predicted octanol–water partition coefficient (Wildman–Crippen LogP) is 0.734. The van der Waals surface area contributed by atoms with Crippen LogP contribution < -0.4 is 5.32 Å². The Kier molecular flexibility index (Phi) is 6.17. The lowest BCUT2D eigenvalue weighted by Crippen LogP contribution is -2.61. The molecular formula is C20H33N5O. The number of aliphatic hydroxyl groups is 1. The van der Waals surface area contributed by atoms with Gasteiger partial charge in [-0.15, -0.1) is 0 Å². The number of aromatic nitrogens is 1. The fraction of sp³-hybridized carbons (Fsp3) is 0.750. The van der Waals surface area contributed by atoms with E-state index in [2.05, 4.69) is 31.1 Å². The maximum atomic E-state index is 10.8. The monoisotopic (exact) mass is 359 g/mol. The van der Waals surface area contributed by atoms with Gasteiger partial charge in [-0.2, -0.15) is 0 Å². The molecule has 26 heavy (non-hydrogen) atoms. The Labute approximate surface area is 157 Å². The molecule has 4 heterocycles. The second-order valence-electron chi connectivity index (χ2n) is 8.02. The Morgan fingerprint density at radius 3 is 2.58 bits per heavy atom. The molecule has 4 rings (SSSR count). The summed E-state index contributed by atoms with van der Waals surface area (Å²) in [4.78, 5) is 11.9. The van der Waals surface area contributed by atoms with Crippen LogP contribution in [0.5, 0.6) is 0 Å². The van der Waals surface area contributed by atoms with E-state index in [9.17, 15) is 5.11 Å². The molecule has 3 aliphatic rings. The van der Waals surface area contributed by atoms with Gasteiger partial charge in [0.25, 0.3) is 0 Å². The molecular weight excluding hydrogens is 326 g/mol. The van der Waals surface area contributed by atoms with Crippen LogP contribution >= 0.6 is 0 Å². The number of hydrogen-bond donors (Lipinski definition) is 2. The first-order chi connectivity index (χ1) is 12.8. The summed E-state index contributed by atoms with van der Waals surface area (Å²) < 4.78 is 0. The highest BCUT2D eigenvalue weighted by Gasteiger charge is 2.34. The third kappa shape index (κ3) is 4.43. The van der Waals surface area contributed by atoms with Gasteiger partial charge in [0, 0.05) is 58.1 Å². The molecule has 6 nitrogen and oxygen atoms in total. The summed E-state index contributed by atoms with van der Waals surface area (Å²) in [6.07, 6.45) is 7.18. The maximum Gasteiger partial charge on any atom is 0.0822 e. The fourth-order valence-corrected chi connectivity index (χ4v) is 4.80. The second-order valence-corrected chi connectivity index (χ2v) is 8.02. The van der Waals surface area contributed by atoms with E-state index in [1.54, 1.807) is 0 Å². The molecule has 0 amide bonds. The van der Waals surface area contributed by atoms with Crippen LogP contribution in [-0.2, 0) is 6.54 Å². The summed E-state index contributed by atoms with van der Waals surface area (Å²) in [5.41, 5.74) is 1.09. The number of nitrogens with zero attached hydrogens (tertiary/aromatic N) is 4. The lowest BCUT2D eigenvalue weighted by atomic mass is 9.98. The van der Waals surface area contributed by atoms with Crippen LogP contribution in [0.25, 0.3) is 0 Å². The Bertz CT molecular complexity index is 542. The van der Waals surface area contributed by atoms with Crippen LogP contribution in [0.15, 0.2) is 24.4 Å². The highest BCUT2D eigenvalue weighted by molar-refractivity contribution is 5.04. The van der Waals surface area contributed by atoms with Gasteiger partial charge in [-0.1, -0.05) is 6.07 Å². The first-order valence-corrected chi connectivity index (χ1v) is 10.3. The molecule has 3 atom stereocenters. The zero-order valence-corrected chi connectivity index (χ0v) is 15.8. The van der Waals surface area contributed by atoms with Crippen molar-refractivity contribution in [3.8, 4) is 0 Å². The fourth-order valence-electron chi connectivity index (χ4n) is 4.80. The summed E-state index contributed by atoms with van der Waals surface area (Å²) in [5, 5.41) is 14.4. The lowest BCUT2D eigenvalue weighted by Gasteiger charge is -2.47. The number of aliphatic hydroxyl groups excluding tert-OH is 1. The van der Waals surface area contributed by atoms with Crippen molar-refractivity contribution >= 4 is 0 Å². The number of hydrogen-bond acceptors (Lipinski definition) is 6. The highest BCUT2D eigenvalue weighted by atomic mass is 16.3. The number of likely N-dealkylation sites (tertiary alicyclic amines) is 1. The average molecular weight is 360 g/mol. The third-order valence-corrected chi connectivity index (χ3v) is 6.29. The third-order valence-electron chi connectivity index (χ3n) is 6.29. The molecule has 3 saturated heterocycles. The van der Waals surface area contributed by atoms with Crippen molar-refractivity contribution in [2.24, 2.45) is 0 Å². The van der Waals surface area contributed by atoms with E-state index in [1.165, 1.54) is 25.8 Å². The molecule has 3 aliphatic heterocycles. The normalized spacial score (nSPS) is 32.6. The molecule has 1 aromatic rings. The Balaban J connectivity index is 1.24. The van der Waals surface area contributed by atoms with Crippen molar-refractivity contribution < 1.29 is 5.11 Å². The molecule has 144 valence electrons. The van der Waals surface area contributed by atoms with Crippen molar-refractivity contribution in [2.45, 2.75) is 50.5 Å². The van der Waals surface area contributed by atoms with Gasteiger partial charge in [0.15, 0.2) is 0 Å². The van der Waals surface area contributed by atoms with E-state index < -0.39 is 0 Å². The number of piperidine rings is 2. The van der Waals surface area contributed by atoms with Crippen molar-refractivity contribution in [1.29, 1.82) is 0 Å². The van der Waals surface area contributed by atoms with Crippen LogP contribution in [0.4, 0.5) is 0 Å². The second kappa shape index (κ2) is 8.76. The summed E-state index contributed by atoms with van der Waals surface area (Å²) in [7, 11) is 0. The van der Waals surface area contributed by atoms with Gasteiger partial charge in [-0.05, 0) is 44.4 Å². The molecule has 1 unspecified atom stereocenters. The van der Waals surface area contributed by atoms with Gasteiger partial charge >= 0.3 is 0 Å². The predicted molar refractivity (Wildman–Crippen MR) is 103 cm³/mol. The summed E-state index contributed by atoms with van der Waals surface area (Å²) >= 11 is 0. The maximum absolute atomic E-state index is 10.8. The van der Waals surface area contributed by atoms with E-state index in [4.69, 9.17) is 0 Å². The molecule has 0 aliphatic carbocycles. The van der Waals surface area contributed by atoms with Gasteiger partial charge in [-0.25, -0.2) is 0 Å². The van der Waals surface area contributed by atoms with Gasteiger partial charge < -0.3 is 10.4 Å². The van der Waals surface area contributed by atoms with E-state index in [-0.39, 0.29) is 6.10 Å². The standard InChI is InChI=1S/C20H33N5O/c26-19-16-23(15-17-5-1-3-8-21-17)10-7-18(19)24-11-13-25(14-12-24)20-6-2-4-9-22-20/h1,3,5,8,18-20,22,26H,2,4,6-7,9-16H2/t18-,19-,20?/m1/s1. The Hall–Kier alpha value is -1.05. The minimum Gasteiger partial charge on any atom is -0.390 e. The minimum atomic E-state index is -0.258. The van der Waals surface area contributed by atoms with Crippen molar-refractivity contribution in [3.05, 3.63) is 30.1 Å². The minimum absolute atomic E-state index is 0.258. The van der Waals surface area contributed by atoms with E-state index >= 15 is 0 Å². The lowest BCUT2D eigenvalue weighted by molar-refractivity contribution is -0.0388. The SMILES string of the molecule is O[C@@H]1CN(Cc2ccccn2)CC[C@H]1N1CCN(C2CCCCN2)CC1. The quantitative estimate of drug-likeness (QED) is 0.827. The van der Waals surface area contributed by atoms with E-state index in [1.807, 2.05) is 18.3 Å². The van der Waals surface area contributed by atoms with Crippen LogP contribution in [0, 0.1) is 0 Å². The Morgan fingerprint density at radius 1 is 1.04 bits per heavy atom. The summed E-state index contributed by atoms with van der Waals surface area (Å²) in [6.45, 7) is 8.22. The zero-order valence-electron chi connectivity index (χ0n) is 15.8. The molecule has 6 heteroatoms. The number of piperazine rings is 1. The van der Waals surface area contributed by atoms with Crippen molar-refractivity contribution in [3.63, 3.8) is 0 Å². The first kappa shape index (κ1) is 18.3. The molecule has 2 N–H and O–H groups in total. The van der Waals surface area contributed by atoms with E-state index in [0.29, 0.717) is 12.2 Å². The number of rotatable bonds is 4. The van der Waals surface area contributed by atoms with Gasteiger partial charge in [0.05, 0.1) is 18.0 Å². The molecule has 3 fully saturated rings.